The quantitative estimate of drug-likeness (QED) is 0.834. The first-order valence-electron chi connectivity index (χ1n) is 7.09. The lowest BCUT2D eigenvalue weighted by molar-refractivity contribution is 0.241. The van der Waals surface area contributed by atoms with Gasteiger partial charge in [0, 0.05) is 18.2 Å². The van der Waals surface area contributed by atoms with Crippen molar-refractivity contribution in [1.82, 2.24) is 5.32 Å². The molecule has 3 heteroatoms. The summed E-state index contributed by atoms with van der Waals surface area (Å²) >= 11 is 6.26. The fraction of sp³-hybridized carbons (Fsp3) is 0.625. The van der Waals surface area contributed by atoms with Crippen LogP contribution in [0.4, 0.5) is 0 Å². The Bertz CT molecular complexity index is 421. The van der Waals surface area contributed by atoms with Gasteiger partial charge in [-0.3, -0.25) is 0 Å². The van der Waals surface area contributed by atoms with E-state index in [2.05, 4.69) is 32.2 Å². The Morgan fingerprint density at radius 1 is 1.32 bits per heavy atom. The van der Waals surface area contributed by atoms with E-state index >= 15 is 0 Å². The molecule has 0 bridgehead atoms. The SMILES string of the molecule is CC(C)(C)CCOc1c(Cl)cccc1CNC1CC1. The number of hydrogen-bond acceptors (Lipinski definition) is 2. The molecular formula is C16H24ClNO. The van der Waals surface area contributed by atoms with Crippen LogP contribution in [0.1, 0.15) is 45.6 Å². The first-order chi connectivity index (χ1) is 8.96. The molecule has 19 heavy (non-hydrogen) atoms. The molecule has 106 valence electrons. The van der Waals surface area contributed by atoms with Crippen molar-refractivity contribution in [2.24, 2.45) is 5.41 Å². The van der Waals surface area contributed by atoms with E-state index in [-0.39, 0.29) is 5.41 Å². The molecule has 0 radical (unpaired) electrons. The summed E-state index contributed by atoms with van der Waals surface area (Å²) in [5, 5.41) is 4.22. The molecule has 0 aliphatic heterocycles. The average Bonchev–Trinajstić information content (AvgIpc) is 3.11. The number of ether oxygens (including phenoxy) is 1. The highest BCUT2D eigenvalue weighted by atomic mass is 35.5. The zero-order chi connectivity index (χ0) is 13.9. The monoisotopic (exact) mass is 281 g/mol. The smallest absolute Gasteiger partial charge is 0.142 e. The van der Waals surface area contributed by atoms with Crippen LogP contribution < -0.4 is 10.1 Å². The third kappa shape index (κ3) is 5.04. The van der Waals surface area contributed by atoms with Crippen molar-refractivity contribution >= 4 is 11.6 Å². The molecule has 2 nitrogen and oxygen atoms in total. The predicted molar refractivity (Wildman–Crippen MR) is 80.9 cm³/mol. The molecule has 0 spiro atoms. The van der Waals surface area contributed by atoms with Crippen LogP contribution in [0.5, 0.6) is 5.75 Å². The molecule has 0 heterocycles. The lowest BCUT2D eigenvalue weighted by Gasteiger charge is -2.19. The van der Waals surface area contributed by atoms with Gasteiger partial charge < -0.3 is 10.1 Å². The van der Waals surface area contributed by atoms with Crippen LogP contribution in [0.3, 0.4) is 0 Å². The van der Waals surface area contributed by atoms with Crippen LogP contribution in [0.2, 0.25) is 5.02 Å². The normalized spacial score (nSPS) is 15.6. The van der Waals surface area contributed by atoms with E-state index in [0.29, 0.717) is 17.7 Å². The Labute approximate surface area is 121 Å². The van der Waals surface area contributed by atoms with Crippen molar-refractivity contribution in [1.29, 1.82) is 0 Å². The van der Waals surface area contributed by atoms with Gasteiger partial charge in [-0.15, -0.1) is 0 Å². The first kappa shape index (κ1) is 14.7. The van der Waals surface area contributed by atoms with Gasteiger partial charge in [0.05, 0.1) is 11.6 Å². The van der Waals surface area contributed by atoms with E-state index in [9.17, 15) is 0 Å². The Kier molecular flexibility index (Phi) is 4.75. The molecule has 1 aliphatic carbocycles. The Morgan fingerprint density at radius 3 is 2.68 bits per heavy atom. The van der Waals surface area contributed by atoms with Crippen LogP contribution in [0, 0.1) is 5.41 Å². The number of halogens is 1. The van der Waals surface area contributed by atoms with Gasteiger partial charge in [0.2, 0.25) is 0 Å². The fourth-order valence-electron chi connectivity index (χ4n) is 1.86. The van der Waals surface area contributed by atoms with Crippen molar-refractivity contribution in [2.45, 2.75) is 52.6 Å². The largest absolute Gasteiger partial charge is 0.492 e. The maximum atomic E-state index is 6.26. The lowest BCUT2D eigenvalue weighted by Crippen LogP contribution is -2.17. The second kappa shape index (κ2) is 6.15. The third-order valence-electron chi connectivity index (χ3n) is 3.31. The zero-order valence-electron chi connectivity index (χ0n) is 12.1. The van der Waals surface area contributed by atoms with Crippen LogP contribution in [0.15, 0.2) is 18.2 Å². The molecule has 0 saturated heterocycles. The van der Waals surface area contributed by atoms with Crippen LogP contribution in [-0.2, 0) is 6.54 Å². The number of benzene rings is 1. The Morgan fingerprint density at radius 2 is 2.05 bits per heavy atom. The van der Waals surface area contributed by atoms with E-state index in [0.717, 1.165) is 24.3 Å². The molecule has 1 aromatic rings. The third-order valence-corrected chi connectivity index (χ3v) is 3.60. The van der Waals surface area contributed by atoms with Gasteiger partial charge in [0.25, 0.3) is 0 Å². The van der Waals surface area contributed by atoms with Crippen molar-refractivity contribution in [3.63, 3.8) is 0 Å². The minimum atomic E-state index is 0.285. The highest BCUT2D eigenvalue weighted by molar-refractivity contribution is 6.32. The second-order valence-corrected chi connectivity index (χ2v) is 6.95. The van der Waals surface area contributed by atoms with Crippen LogP contribution in [0.25, 0.3) is 0 Å². The Hall–Kier alpha value is -0.730. The molecule has 0 amide bonds. The number of para-hydroxylation sites is 1. The maximum absolute atomic E-state index is 6.26. The molecule has 0 atom stereocenters. The highest BCUT2D eigenvalue weighted by Crippen LogP contribution is 2.30. The zero-order valence-corrected chi connectivity index (χ0v) is 12.9. The van der Waals surface area contributed by atoms with Gasteiger partial charge in [-0.05, 0) is 30.7 Å². The molecule has 1 fully saturated rings. The Balaban J connectivity index is 1.95. The molecule has 0 aromatic heterocycles. The predicted octanol–water partition coefficient (Wildman–Crippen LogP) is 4.41. The van der Waals surface area contributed by atoms with Gasteiger partial charge in [-0.2, -0.15) is 0 Å². The number of nitrogens with one attached hydrogen (secondary N) is 1. The summed E-state index contributed by atoms with van der Waals surface area (Å²) < 4.78 is 5.92. The summed E-state index contributed by atoms with van der Waals surface area (Å²) in [6, 6.07) is 6.67. The second-order valence-electron chi connectivity index (χ2n) is 6.54. The molecule has 2 rings (SSSR count). The highest BCUT2D eigenvalue weighted by Gasteiger charge is 2.21. The van der Waals surface area contributed by atoms with Gasteiger partial charge in [-0.25, -0.2) is 0 Å². The fourth-order valence-corrected chi connectivity index (χ4v) is 2.10. The summed E-state index contributed by atoms with van der Waals surface area (Å²) in [4.78, 5) is 0. The van der Waals surface area contributed by atoms with Crippen LogP contribution >= 0.6 is 11.6 Å². The van der Waals surface area contributed by atoms with Crippen molar-refractivity contribution < 1.29 is 4.74 Å². The van der Waals surface area contributed by atoms with E-state index in [1.54, 1.807) is 0 Å². The maximum Gasteiger partial charge on any atom is 0.142 e. The van der Waals surface area contributed by atoms with Gasteiger partial charge >= 0.3 is 0 Å². The molecule has 1 saturated carbocycles. The van der Waals surface area contributed by atoms with Crippen molar-refractivity contribution in [3.05, 3.63) is 28.8 Å². The molecule has 1 aliphatic rings. The van der Waals surface area contributed by atoms with E-state index < -0.39 is 0 Å². The number of hydrogen-bond donors (Lipinski definition) is 1. The summed E-state index contributed by atoms with van der Waals surface area (Å²) in [7, 11) is 0. The summed E-state index contributed by atoms with van der Waals surface area (Å²) in [6.07, 6.45) is 3.61. The number of rotatable bonds is 6. The molecular weight excluding hydrogens is 258 g/mol. The van der Waals surface area contributed by atoms with Gasteiger partial charge in [0.15, 0.2) is 0 Å². The summed E-state index contributed by atoms with van der Waals surface area (Å²) in [5.41, 5.74) is 1.45. The molecule has 1 aromatic carbocycles. The molecule has 0 unspecified atom stereocenters. The first-order valence-corrected chi connectivity index (χ1v) is 7.47. The van der Waals surface area contributed by atoms with E-state index in [4.69, 9.17) is 16.3 Å². The van der Waals surface area contributed by atoms with Gasteiger partial charge in [0.1, 0.15) is 5.75 Å². The van der Waals surface area contributed by atoms with E-state index in [1.165, 1.54) is 12.8 Å². The topological polar surface area (TPSA) is 21.3 Å². The van der Waals surface area contributed by atoms with Crippen LogP contribution in [-0.4, -0.2) is 12.6 Å². The standard InChI is InChI=1S/C16H24ClNO/c1-16(2,3)9-10-19-15-12(5-4-6-14(15)17)11-18-13-7-8-13/h4-6,13,18H,7-11H2,1-3H3. The van der Waals surface area contributed by atoms with Crippen molar-refractivity contribution in [3.8, 4) is 5.75 Å². The summed E-state index contributed by atoms with van der Waals surface area (Å²) in [6.45, 7) is 8.22. The minimum absolute atomic E-state index is 0.285. The lowest BCUT2D eigenvalue weighted by atomic mass is 9.93. The van der Waals surface area contributed by atoms with E-state index in [1.807, 2.05) is 12.1 Å². The molecule has 1 N–H and O–H groups in total. The van der Waals surface area contributed by atoms with Gasteiger partial charge in [-0.1, -0.05) is 44.5 Å². The minimum Gasteiger partial charge on any atom is -0.492 e. The average molecular weight is 282 g/mol. The summed E-state index contributed by atoms with van der Waals surface area (Å²) in [5.74, 6) is 0.849. The van der Waals surface area contributed by atoms with Crippen molar-refractivity contribution in [2.75, 3.05) is 6.61 Å².